The van der Waals surface area contributed by atoms with Gasteiger partial charge in [0, 0.05) is 31.6 Å². The van der Waals surface area contributed by atoms with Gasteiger partial charge >= 0.3 is 0 Å². The van der Waals surface area contributed by atoms with E-state index in [1.807, 2.05) is 13.0 Å². The van der Waals surface area contributed by atoms with Crippen LogP contribution in [-0.4, -0.2) is 44.7 Å². The lowest BCUT2D eigenvalue weighted by Gasteiger charge is -2.31. The smallest absolute Gasteiger partial charge is 0.119 e. The van der Waals surface area contributed by atoms with Crippen LogP contribution >= 0.6 is 0 Å². The Morgan fingerprint density at radius 3 is 3.06 bits per heavy atom. The van der Waals surface area contributed by atoms with Crippen molar-refractivity contribution >= 4 is 0 Å². The molecule has 1 saturated heterocycles. The summed E-state index contributed by atoms with van der Waals surface area (Å²) in [6.45, 7) is 9.35. The fourth-order valence-electron chi connectivity index (χ4n) is 2.69. The molecule has 1 atom stereocenters. The molecule has 18 heavy (non-hydrogen) atoms. The minimum Gasteiger partial charge on any atom is -0.494 e. The molecule has 1 fully saturated rings. The van der Waals surface area contributed by atoms with Gasteiger partial charge in [0.15, 0.2) is 0 Å². The third-order valence-electron chi connectivity index (χ3n) is 3.65. The quantitative estimate of drug-likeness (QED) is 0.884. The molecule has 3 nitrogen and oxygen atoms in total. The Labute approximate surface area is 110 Å². The average Bonchev–Trinajstić information content (AvgIpc) is 2.52. The van der Waals surface area contributed by atoms with Crippen LogP contribution in [0.5, 0.6) is 5.75 Å². The van der Waals surface area contributed by atoms with Gasteiger partial charge in [0.25, 0.3) is 0 Å². The first-order chi connectivity index (χ1) is 8.64. The fraction of sp³-hybridized carbons (Fsp3) is 0.600. The monoisotopic (exact) mass is 248 g/mol. The van der Waals surface area contributed by atoms with E-state index in [2.05, 4.69) is 42.4 Å². The summed E-state index contributed by atoms with van der Waals surface area (Å²) in [5.41, 5.74) is 1.51. The standard InChI is InChI=1S/C15H24N2O/c1-4-18-14-7-5-6-13(10-14)15(2)11-16-8-9-17(3)12-15/h5-7,10,16H,4,8-9,11-12H2,1-3H3. The van der Waals surface area contributed by atoms with E-state index in [9.17, 15) is 0 Å². The highest BCUT2D eigenvalue weighted by Crippen LogP contribution is 2.28. The van der Waals surface area contributed by atoms with Crippen molar-refractivity contribution < 1.29 is 4.74 Å². The number of hydrogen-bond donors (Lipinski definition) is 1. The topological polar surface area (TPSA) is 24.5 Å². The number of nitrogens with zero attached hydrogens (tertiary/aromatic N) is 1. The van der Waals surface area contributed by atoms with Gasteiger partial charge < -0.3 is 15.0 Å². The molecule has 0 aliphatic carbocycles. The zero-order valence-corrected chi connectivity index (χ0v) is 11.7. The second-order valence-corrected chi connectivity index (χ2v) is 5.44. The molecule has 1 unspecified atom stereocenters. The number of rotatable bonds is 3. The minimum absolute atomic E-state index is 0.151. The van der Waals surface area contributed by atoms with E-state index in [1.54, 1.807) is 0 Å². The molecule has 100 valence electrons. The van der Waals surface area contributed by atoms with E-state index in [0.717, 1.165) is 38.5 Å². The van der Waals surface area contributed by atoms with Gasteiger partial charge in [0.1, 0.15) is 5.75 Å². The molecule has 1 aliphatic heterocycles. The van der Waals surface area contributed by atoms with Crippen molar-refractivity contribution in [2.75, 3.05) is 39.8 Å². The second-order valence-electron chi connectivity index (χ2n) is 5.44. The van der Waals surface area contributed by atoms with E-state index in [1.165, 1.54) is 5.56 Å². The van der Waals surface area contributed by atoms with Gasteiger partial charge in [-0.1, -0.05) is 19.1 Å². The fourth-order valence-corrected chi connectivity index (χ4v) is 2.69. The number of nitrogens with one attached hydrogen (secondary N) is 1. The maximum Gasteiger partial charge on any atom is 0.119 e. The van der Waals surface area contributed by atoms with Gasteiger partial charge in [0.05, 0.1) is 6.61 Å². The Morgan fingerprint density at radius 1 is 1.44 bits per heavy atom. The molecule has 0 spiro atoms. The molecular formula is C15H24N2O. The number of hydrogen-bond acceptors (Lipinski definition) is 3. The molecule has 1 heterocycles. The van der Waals surface area contributed by atoms with Gasteiger partial charge in [-0.25, -0.2) is 0 Å². The normalized spacial score (nSPS) is 25.7. The Kier molecular flexibility index (Phi) is 4.25. The zero-order valence-electron chi connectivity index (χ0n) is 11.7. The van der Waals surface area contributed by atoms with Crippen molar-refractivity contribution in [3.63, 3.8) is 0 Å². The predicted molar refractivity (Wildman–Crippen MR) is 75.3 cm³/mol. The highest BCUT2D eigenvalue weighted by molar-refractivity contribution is 5.34. The molecule has 2 rings (SSSR count). The lowest BCUT2D eigenvalue weighted by atomic mass is 9.82. The molecule has 1 N–H and O–H groups in total. The molecule has 1 aromatic carbocycles. The molecular weight excluding hydrogens is 224 g/mol. The Morgan fingerprint density at radius 2 is 2.28 bits per heavy atom. The summed E-state index contributed by atoms with van der Waals surface area (Å²) < 4.78 is 5.61. The number of benzene rings is 1. The summed E-state index contributed by atoms with van der Waals surface area (Å²) in [4.78, 5) is 2.40. The van der Waals surface area contributed by atoms with Gasteiger partial charge in [-0.05, 0) is 31.7 Å². The van der Waals surface area contributed by atoms with Crippen molar-refractivity contribution in [1.29, 1.82) is 0 Å². The number of ether oxygens (including phenoxy) is 1. The van der Waals surface area contributed by atoms with E-state index in [4.69, 9.17) is 4.74 Å². The largest absolute Gasteiger partial charge is 0.494 e. The molecule has 1 aliphatic rings. The van der Waals surface area contributed by atoms with E-state index in [-0.39, 0.29) is 5.41 Å². The molecule has 0 amide bonds. The molecule has 0 aromatic heterocycles. The van der Waals surface area contributed by atoms with Gasteiger partial charge in [-0.3, -0.25) is 0 Å². The first kappa shape index (κ1) is 13.4. The molecule has 0 saturated carbocycles. The maximum atomic E-state index is 5.61. The lowest BCUT2D eigenvalue weighted by molar-refractivity contribution is 0.288. The van der Waals surface area contributed by atoms with Gasteiger partial charge in [0.2, 0.25) is 0 Å². The van der Waals surface area contributed by atoms with Crippen LogP contribution in [0.1, 0.15) is 19.4 Å². The SMILES string of the molecule is CCOc1cccc(C2(C)CNCCN(C)C2)c1. The number of likely N-dealkylation sites (N-methyl/N-ethyl adjacent to an activating group) is 1. The summed E-state index contributed by atoms with van der Waals surface area (Å²) >= 11 is 0. The Balaban J connectivity index is 2.24. The highest BCUT2D eigenvalue weighted by atomic mass is 16.5. The second kappa shape index (κ2) is 5.72. The third-order valence-corrected chi connectivity index (χ3v) is 3.65. The maximum absolute atomic E-state index is 5.61. The van der Waals surface area contributed by atoms with Crippen LogP contribution in [0.2, 0.25) is 0 Å². The van der Waals surface area contributed by atoms with Crippen molar-refractivity contribution in [1.82, 2.24) is 10.2 Å². The minimum atomic E-state index is 0.151. The predicted octanol–water partition coefficient (Wildman–Crippen LogP) is 1.88. The van der Waals surface area contributed by atoms with Crippen molar-refractivity contribution in [3.8, 4) is 5.75 Å². The van der Waals surface area contributed by atoms with Crippen LogP contribution in [0.3, 0.4) is 0 Å². The summed E-state index contributed by atoms with van der Waals surface area (Å²) in [5.74, 6) is 0.975. The molecule has 0 radical (unpaired) electrons. The Bertz CT molecular complexity index is 394. The van der Waals surface area contributed by atoms with E-state index in [0.29, 0.717) is 0 Å². The first-order valence-corrected chi connectivity index (χ1v) is 6.77. The molecule has 1 aromatic rings. The average molecular weight is 248 g/mol. The van der Waals surface area contributed by atoms with Crippen LogP contribution in [0.4, 0.5) is 0 Å². The summed E-state index contributed by atoms with van der Waals surface area (Å²) in [5, 5.41) is 3.54. The van der Waals surface area contributed by atoms with Crippen LogP contribution in [0.15, 0.2) is 24.3 Å². The first-order valence-electron chi connectivity index (χ1n) is 6.77. The van der Waals surface area contributed by atoms with Crippen molar-refractivity contribution in [2.45, 2.75) is 19.3 Å². The van der Waals surface area contributed by atoms with E-state index < -0.39 is 0 Å². The van der Waals surface area contributed by atoms with Crippen molar-refractivity contribution in [2.24, 2.45) is 0 Å². The molecule has 0 bridgehead atoms. The summed E-state index contributed by atoms with van der Waals surface area (Å²) in [7, 11) is 2.19. The van der Waals surface area contributed by atoms with Gasteiger partial charge in [-0.15, -0.1) is 0 Å². The summed E-state index contributed by atoms with van der Waals surface area (Å²) in [6.07, 6.45) is 0. The highest BCUT2D eigenvalue weighted by Gasteiger charge is 2.30. The van der Waals surface area contributed by atoms with E-state index >= 15 is 0 Å². The van der Waals surface area contributed by atoms with Crippen LogP contribution < -0.4 is 10.1 Å². The van der Waals surface area contributed by atoms with Crippen molar-refractivity contribution in [3.05, 3.63) is 29.8 Å². The van der Waals surface area contributed by atoms with Crippen LogP contribution in [-0.2, 0) is 5.41 Å². The summed E-state index contributed by atoms with van der Waals surface area (Å²) in [6, 6.07) is 8.52. The lowest BCUT2D eigenvalue weighted by Crippen LogP contribution is -2.39. The van der Waals surface area contributed by atoms with Gasteiger partial charge in [-0.2, -0.15) is 0 Å². The Hall–Kier alpha value is -1.06. The zero-order chi connectivity index (χ0) is 13.0. The third kappa shape index (κ3) is 3.03. The van der Waals surface area contributed by atoms with Crippen LogP contribution in [0, 0.1) is 0 Å². The van der Waals surface area contributed by atoms with Crippen LogP contribution in [0.25, 0.3) is 0 Å². The molecule has 3 heteroatoms.